The quantitative estimate of drug-likeness (QED) is 0.373. The molecule has 2 aromatic heterocycles. The summed E-state index contributed by atoms with van der Waals surface area (Å²) < 4.78 is 7.30. The van der Waals surface area contributed by atoms with Crippen molar-refractivity contribution in [1.82, 2.24) is 24.6 Å². The van der Waals surface area contributed by atoms with E-state index < -0.39 is 0 Å². The van der Waals surface area contributed by atoms with Gasteiger partial charge in [-0.3, -0.25) is 0 Å². The Morgan fingerprint density at radius 3 is 2.66 bits per heavy atom. The Morgan fingerprint density at radius 1 is 1.17 bits per heavy atom. The molecule has 10 nitrogen and oxygen atoms in total. The van der Waals surface area contributed by atoms with Crippen molar-refractivity contribution < 1.29 is 4.74 Å². The number of nitrogens with two attached hydrogens (primary N) is 1. The van der Waals surface area contributed by atoms with Crippen molar-refractivity contribution in [1.29, 1.82) is 5.26 Å². The van der Waals surface area contributed by atoms with E-state index in [9.17, 15) is 5.26 Å². The lowest BCUT2D eigenvalue weighted by atomic mass is 10.2. The van der Waals surface area contributed by atoms with Crippen LogP contribution in [0, 0.1) is 18.3 Å². The van der Waals surface area contributed by atoms with E-state index in [2.05, 4.69) is 36.3 Å². The minimum Gasteiger partial charge on any atom is -0.494 e. The third-order valence-corrected chi connectivity index (χ3v) is 5.75. The van der Waals surface area contributed by atoms with Crippen molar-refractivity contribution in [3.63, 3.8) is 0 Å². The molecule has 35 heavy (non-hydrogen) atoms. The van der Waals surface area contributed by atoms with Crippen LogP contribution in [0.15, 0.2) is 42.6 Å². The fourth-order valence-electron chi connectivity index (χ4n) is 3.83. The number of ether oxygens (including phenoxy) is 1. The van der Waals surface area contributed by atoms with Gasteiger partial charge in [-0.05, 0) is 33.2 Å². The number of rotatable bonds is 8. The number of para-hydroxylation sites is 1. The Labute approximate surface area is 204 Å². The van der Waals surface area contributed by atoms with E-state index in [-0.39, 0.29) is 0 Å². The molecule has 0 fully saturated rings. The van der Waals surface area contributed by atoms with Crippen LogP contribution in [0.1, 0.15) is 11.3 Å². The zero-order chi connectivity index (χ0) is 25.1. The monoisotopic (exact) mass is 471 g/mol. The molecule has 0 amide bonds. The van der Waals surface area contributed by atoms with Crippen LogP contribution < -0.4 is 20.7 Å². The third kappa shape index (κ3) is 4.81. The third-order valence-electron chi connectivity index (χ3n) is 5.75. The van der Waals surface area contributed by atoms with Crippen LogP contribution in [-0.4, -0.2) is 66.0 Å². The molecule has 2 aromatic carbocycles. The highest BCUT2D eigenvalue weighted by molar-refractivity contribution is 5.83. The van der Waals surface area contributed by atoms with Crippen molar-refractivity contribution in [2.24, 2.45) is 0 Å². The largest absolute Gasteiger partial charge is 0.494 e. The first-order valence-corrected chi connectivity index (χ1v) is 11.1. The Balaban J connectivity index is 1.71. The van der Waals surface area contributed by atoms with Gasteiger partial charge in [0.25, 0.3) is 0 Å². The summed E-state index contributed by atoms with van der Waals surface area (Å²) in [5.41, 5.74) is 10.5. The molecule has 0 aliphatic heterocycles. The van der Waals surface area contributed by atoms with Gasteiger partial charge in [-0.15, -0.1) is 0 Å². The van der Waals surface area contributed by atoms with Crippen molar-refractivity contribution in [2.75, 3.05) is 57.3 Å². The van der Waals surface area contributed by atoms with E-state index in [1.54, 1.807) is 17.9 Å². The molecule has 0 aliphatic rings. The Kier molecular flexibility index (Phi) is 6.71. The van der Waals surface area contributed by atoms with Crippen molar-refractivity contribution in [3.8, 4) is 17.6 Å². The normalized spacial score (nSPS) is 11.0. The number of nitrogens with zero attached hydrogens (tertiary/aromatic N) is 7. The van der Waals surface area contributed by atoms with Crippen molar-refractivity contribution >= 4 is 33.9 Å². The van der Waals surface area contributed by atoms with Crippen LogP contribution in [0.4, 0.5) is 23.0 Å². The van der Waals surface area contributed by atoms with Gasteiger partial charge in [0, 0.05) is 31.6 Å². The second-order valence-electron chi connectivity index (χ2n) is 8.52. The van der Waals surface area contributed by atoms with Crippen LogP contribution in [0.25, 0.3) is 16.7 Å². The molecule has 0 saturated heterocycles. The molecular weight excluding hydrogens is 442 g/mol. The molecule has 0 saturated carbocycles. The maximum Gasteiger partial charge on any atom is 0.229 e. The Morgan fingerprint density at radius 2 is 1.94 bits per heavy atom. The number of benzene rings is 2. The molecule has 0 atom stereocenters. The standard InChI is InChI=1S/C25H29N9O/c1-16-18-8-6-7-9-21(18)34(31-16)24-17(14-26)15-28-25(30-24)29-20-12-19(27)22(13-23(20)35-5)33(4)11-10-32(2)3/h6-9,12-13,15H,10-11,27H2,1-5H3,(H,28,29,30). The molecule has 3 N–H and O–H groups in total. The predicted molar refractivity (Wildman–Crippen MR) is 139 cm³/mol. The molecule has 4 rings (SSSR count). The molecule has 0 radical (unpaired) electrons. The number of nitriles is 1. The number of likely N-dealkylation sites (N-methyl/N-ethyl adjacent to an activating group) is 2. The van der Waals surface area contributed by atoms with Gasteiger partial charge < -0.3 is 25.6 Å². The summed E-state index contributed by atoms with van der Waals surface area (Å²) in [5, 5.41) is 18.5. The van der Waals surface area contributed by atoms with E-state index in [0.29, 0.717) is 34.5 Å². The molecule has 10 heteroatoms. The number of hydrogen-bond donors (Lipinski definition) is 2. The smallest absolute Gasteiger partial charge is 0.229 e. The van der Waals surface area contributed by atoms with E-state index in [1.165, 1.54) is 6.20 Å². The highest BCUT2D eigenvalue weighted by Gasteiger charge is 2.17. The lowest BCUT2D eigenvalue weighted by molar-refractivity contribution is 0.413. The molecule has 0 unspecified atom stereocenters. The van der Waals surface area contributed by atoms with Gasteiger partial charge in [0.15, 0.2) is 5.82 Å². The zero-order valence-electron chi connectivity index (χ0n) is 20.6. The minimum absolute atomic E-state index is 0.294. The van der Waals surface area contributed by atoms with Crippen LogP contribution in [-0.2, 0) is 0 Å². The highest BCUT2D eigenvalue weighted by Crippen LogP contribution is 2.36. The van der Waals surface area contributed by atoms with E-state index in [0.717, 1.165) is 35.4 Å². The molecule has 0 spiro atoms. The number of nitrogen functional groups attached to an aromatic ring is 1. The molecule has 0 bridgehead atoms. The average molecular weight is 472 g/mol. The van der Waals surface area contributed by atoms with Gasteiger partial charge in [-0.2, -0.15) is 15.3 Å². The molecule has 2 heterocycles. The molecule has 4 aromatic rings. The molecule has 0 aliphatic carbocycles. The SMILES string of the molecule is COc1cc(N(C)CCN(C)C)c(N)cc1Nc1ncc(C#N)c(-n2nc(C)c3ccccc32)n1. The Hall–Kier alpha value is -4.36. The summed E-state index contributed by atoms with van der Waals surface area (Å²) in [7, 11) is 7.66. The van der Waals surface area contributed by atoms with Gasteiger partial charge in [0.1, 0.15) is 17.4 Å². The lowest BCUT2D eigenvalue weighted by Crippen LogP contribution is -2.29. The summed E-state index contributed by atoms with van der Waals surface area (Å²) in [6, 6.07) is 13.7. The number of aromatic nitrogens is 4. The fraction of sp³-hybridized carbons (Fsp3) is 0.280. The summed E-state index contributed by atoms with van der Waals surface area (Å²) in [4.78, 5) is 13.2. The molecule has 180 valence electrons. The fourth-order valence-corrected chi connectivity index (χ4v) is 3.83. The lowest BCUT2D eigenvalue weighted by Gasteiger charge is -2.24. The number of fused-ring (bicyclic) bond motifs is 1. The van der Waals surface area contributed by atoms with Crippen LogP contribution in [0.3, 0.4) is 0 Å². The number of aryl methyl sites for hydroxylation is 1. The maximum absolute atomic E-state index is 9.68. The van der Waals surface area contributed by atoms with Crippen molar-refractivity contribution in [3.05, 3.63) is 53.9 Å². The summed E-state index contributed by atoms with van der Waals surface area (Å²) in [6.45, 7) is 3.63. The van der Waals surface area contributed by atoms with Crippen molar-refractivity contribution in [2.45, 2.75) is 6.92 Å². The van der Waals surface area contributed by atoms with Crippen LogP contribution in [0.2, 0.25) is 0 Å². The summed E-state index contributed by atoms with van der Waals surface area (Å²) in [6.07, 6.45) is 1.48. The first kappa shape index (κ1) is 23.8. The average Bonchev–Trinajstić information content (AvgIpc) is 3.19. The van der Waals surface area contributed by atoms with Crippen LogP contribution in [0.5, 0.6) is 5.75 Å². The van der Waals surface area contributed by atoms with Gasteiger partial charge in [0.2, 0.25) is 5.95 Å². The summed E-state index contributed by atoms with van der Waals surface area (Å²) in [5.74, 6) is 1.28. The van der Waals surface area contributed by atoms with Gasteiger partial charge >= 0.3 is 0 Å². The van der Waals surface area contributed by atoms with Crippen LogP contribution >= 0.6 is 0 Å². The molecular formula is C25H29N9O. The first-order chi connectivity index (χ1) is 16.8. The van der Waals surface area contributed by atoms with Gasteiger partial charge in [-0.25, -0.2) is 9.67 Å². The van der Waals surface area contributed by atoms with E-state index >= 15 is 0 Å². The van der Waals surface area contributed by atoms with Gasteiger partial charge in [0.05, 0.1) is 41.6 Å². The minimum atomic E-state index is 0.294. The number of hydrogen-bond acceptors (Lipinski definition) is 9. The zero-order valence-corrected chi connectivity index (χ0v) is 20.6. The first-order valence-electron chi connectivity index (χ1n) is 11.1. The maximum atomic E-state index is 9.68. The predicted octanol–water partition coefficient (Wildman–Crippen LogP) is 3.33. The van der Waals surface area contributed by atoms with E-state index in [1.807, 2.05) is 58.4 Å². The number of nitrogens with one attached hydrogen (secondary N) is 1. The van der Waals surface area contributed by atoms with E-state index in [4.69, 9.17) is 10.5 Å². The Bertz CT molecular complexity index is 1400. The topological polar surface area (TPSA) is 121 Å². The summed E-state index contributed by atoms with van der Waals surface area (Å²) >= 11 is 0. The second kappa shape index (κ2) is 9.87. The highest BCUT2D eigenvalue weighted by atomic mass is 16.5. The number of methoxy groups -OCH3 is 1. The van der Waals surface area contributed by atoms with Gasteiger partial charge in [-0.1, -0.05) is 18.2 Å². The number of anilines is 4. The second-order valence-corrected chi connectivity index (χ2v) is 8.52.